The highest BCUT2D eigenvalue weighted by molar-refractivity contribution is 5.98. The predicted molar refractivity (Wildman–Crippen MR) is 113 cm³/mol. The highest BCUT2D eigenvalue weighted by Gasteiger charge is 2.21. The SMILES string of the molecule is CCOc1cc(C(=O)OC(C)C(=O)NC(=O)NC)ccc1OCCOc1ccccc1. The van der Waals surface area contributed by atoms with E-state index in [0.29, 0.717) is 24.7 Å². The van der Waals surface area contributed by atoms with E-state index < -0.39 is 24.0 Å². The molecule has 1 atom stereocenters. The number of para-hydroxylation sites is 1. The fraction of sp³-hybridized carbons (Fsp3) is 0.318. The predicted octanol–water partition coefficient (Wildman–Crippen LogP) is 2.54. The number of carbonyl (C=O) groups is 3. The first-order valence-electron chi connectivity index (χ1n) is 9.75. The Hall–Kier alpha value is -3.75. The molecule has 2 aromatic rings. The lowest BCUT2D eigenvalue weighted by atomic mass is 10.2. The third-order valence-electron chi connectivity index (χ3n) is 3.95. The molecular weight excluding hydrogens is 404 g/mol. The van der Waals surface area contributed by atoms with Crippen molar-refractivity contribution in [3.05, 3.63) is 54.1 Å². The number of hydrogen-bond donors (Lipinski definition) is 2. The van der Waals surface area contributed by atoms with Crippen LogP contribution in [0.3, 0.4) is 0 Å². The van der Waals surface area contributed by atoms with Crippen LogP contribution in [0, 0.1) is 0 Å². The van der Waals surface area contributed by atoms with Crippen LogP contribution in [-0.2, 0) is 9.53 Å². The van der Waals surface area contributed by atoms with Gasteiger partial charge < -0.3 is 24.3 Å². The van der Waals surface area contributed by atoms with Crippen LogP contribution in [0.25, 0.3) is 0 Å². The summed E-state index contributed by atoms with van der Waals surface area (Å²) in [5, 5.41) is 4.29. The quantitative estimate of drug-likeness (QED) is 0.440. The second-order valence-electron chi connectivity index (χ2n) is 6.22. The van der Waals surface area contributed by atoms with Crippen molar-refractivity contribution >= 4 is 17.9 Å². The summed E-state index contributed by atoms with van der Waals surface area (Å²) < 4.78 is 22.0. The molecule has 9 heteroatoms. The van der Waals surface area contributed by atoms with E-state index in [-0.39, 0.29) is 12.2 Å². The zero-order valence-electron chi connectivity index (χ0n) is 17.7. The second-order valence-corrected chi connectivity index (χ2v) is 6.22. The summed E-state index contributed by atoms with van der Waals surface area (Å²) in [6, 6.07) is 13.2. The van der Waals surface area contributed by atoms with Crippen molar-refractivity contribution in [3.8, 4) is 17.2 Å². The molecule has 9 nitrogen and oxygen atoms in total. The van der Waals surface area contributed by atoms with Crippen LogP contribution < -0.4 is 24.8 Å². The van der Waals surface area contributed by atoms with Crippen molar-refractivity contribution in [1.82, 2.24) is 10.6 Å². The number of urea groups is 1. The zero-order valence-corrected chi connectivity index (χ0v) is 17.7. The third kappa shape index (κ3) is 7.54. The molecule has 0 saturated heterocycles. The fourth-order valence-corrected chi connectivity index (χ4v) is 2.41. The Labute approximate surface area is 180 Å². The molecule has 0 spiro atoms. The van der Waals surface area contributed by atoms with Crippen LogP contribution >= 0.6 is 0 Å². The van der Waals surface area contributed by atoms with Gasteiger partial charge in [0, 0.05) is 7.05 Å². The first-order chi connectivity index (χ1) is 14.9. The molecule has 1 unspecified atom stereocenters. The molecule has 0 saturated carbocycles. The second kappa shape index (κ2) is 12.1. The van der Waals surface area contributed by atoms with Gasteiger partial charge in [-0.2, -0.15) is 0 Å². The van der Waals surface area contributed by atoms with Crippen molar-refractivity contribution in [2.75, 3.05) is 26.9 Å². The Morgan fingerprint density at radius 3 is 2.32 bits per heavy atom. The van der Waals surface area contributed by atoms with Gasteiger partial charge in [-0.15, -0.1) is 0 Å². The van der Waals surface area contributed by atoms with Crippen LogP contribution in [-0.4, -0.2) is 50.9 Å². The average molecular weight is 430 g/mol. The van der Waals surface area contributed by atoms with Gasteiger partial charge in [-0.3, -0.25) is 10.1 Å². The van der Waals surface area contributed by atoms with E-state index in [2.05, 4.69) is 5.32 Å². The number of imide groups is 1. The van der Waals surface area contributed by atoms with Gasteiger partial charge in [-0.05, 0) is 44.2 Å². The monoisotopic (exact) mass is 430 g/mol. The van der Waals surface area contributed by atoms with Gasteiger partial charge in [0.05, 0.1) is 12.2 Å². The topological polar surface area (TPSA) is 112 Å². The van der Waals surface area contributed by atoms with Gasteiger partial charge in [0.25, 0.3) is 5.91 Å². The summed E-state index contributed by atoms with van der Waals surface area (Å²) in [6.07, 6.45) is -1.16. The lowest BCUT2D eigenvalue weighted by Crippen LogP contribution is -2.43. The molecule has 2 N–H and O–H groups in total. The number of rotatable bonds is 10. The summed E-state index contributed by atoms with van der Waals surface area (Å²) in [6.45, 7) is 4.13. The fourth-order valence-electron chi connectivity index (χ4n) is 2.41. The first kappa shape index (κ1) is 23.5. The van der Waals surface area contributed by atoms with E-state index in [9.17, 15) is 14.4 Å². The Kier molecular flexibility index (Phi) is 9.15. The van der Waals surface area contributed by atoms with Crippen LogP contribution in [0.15, 0.2) is 48.5 Å². The van der Waals surface area contributed by atoms with E-state index in [1.54, 1.807) is 13.0 Å². The lowest BCUT2D eigenvalue weighted by molar-refractivity contribution is -0.127. The highest BCUT2D eigenvalue weighted by Crippen LogP contribution is 2.29. The smallest absolute Gasteiger partial charge is 0.339 e. The molecule has 0 aliphatic rings. The van der Waals surface area contributed by atoms with Crippen molar-refractivity contribution in [2.45, 2.75) is 20.0 Å². The molecule has 0 aliphatic carbocycles. The molecule has 3 amide bonds. The largest absolute Gasteiger partial charge is 0.490 e. The number of esters is 1. The number of amides is 3. The van der Waals surface area contributed by atoms with E-state index in [1.807, 2.05) is 35.6 Å². The normalized spacial score (nSPS) is 11.1. The van der Waals surface area contributed by atoms with Gasteiger partial charge in [0.15, 0.2) is 17.6 Å². The van der Waals surface area contributed by atoms with E-state index in [4.69, 9.17) is 18.9 Å². The van der Waals surface area contributed by atoms with Crippen LogP contribution in [0.2, 0.25) is 0 Å². The Morgan fingerprint density at radius 1 is 0.935 bits per heavy atom. The van der Waals surface area contributed by atoms with Gasteiger partial charge >= 0.3 is 12.0 Å². The minimum Gasteiger partial charge on any atom is -0.490 e. The van der Waals surface area contributed by atoms with Crippen molar-refractivity contribution in [3.63, 3.8) is 0 Å². The summed E-state index contributed by atoms with van der Waals surface area (Å²) in [4.78, 5) is 35.4. The maximum atomic E-state index is 12.4. The summed E-state index contributed by atoms with van der Waals surface area (Å²) in [5.41, 5.74) is 0.177. The molecule has 0 radical (unpaired) electrons. The number of ether oxygens (including phenoxy) is 4. The molecule has 2 rings (SSSR count). The molecular formula is C22H26N2O7. The third-order valence-corrected chi connectivity index (χ3v) is 3.95. The minimum absolute atomic E-state index is 0.177. The molecule has 166 valence electrons. The highest BCUT2D eigenvalue weighted by atomic mass is 16.6. The van der Waals surface area contributed by atoms with Crippen LogP contribution in [0.5, 0.6) is 17.2 Å². The minimum atomic E-state index is -1.16. The average Bonchev–Trinajstić information content (AvgIpc) is 2.78. The Balaban J connectivity index is 1.95. The van der Waals surface area contributed by atoms with Crippen molar-refractivity contribution in [2.24, 2.45) is 0 Å². The summed E-state index contributed by atoms with van der Waals surface area (Å²) in [7, 11) is 1.37. The molecule has 0 aromatic heterocycles. The molecule has 0 fully saturated rings. The molecule has 0 bridgehead atoms. The lowest BCUT2D eigenvalue weighted by Gasteiger charge is -2.15. The number of hydrogen-bond acceptors (Lipinski definition) is 7. The Bertz CT molecular complexity index is 887. The van der Waals surface area contributed by atoms with Crippen molar-refractivity contribution < 1.29 is 33.3 Å². The standard InChI is InChI=1S/C22H26N2O7/c1-4-28-19-14-16(21(26)31-15(2)20(25)24-22(27)23-3)10-11-18(19)30-13-12-29-17-8-6-5-7-9-17/h5-11,14-15H,4,12-13H2,1-3H3,(H2,23,24,25,27). The first-order valence-corrected chi connectivity index (χ1v) is 9.75. The van der Waals surface area contributed by atoms with Gasteiger partial charge in [-0.1, -0.05) is 18.2 Å². The van der Waals surface area contributed by atoms with E-state index >= 15 is 0 Å². The zero-order chi connectivity index (χ0) is 22.6. The summed E-state index contributed by atoms with van der Waals surface area (Å²) >= 11 is 0. The molecule has 2 aromatic carbocycles. The molecule has 31 heavy (non-hydrogen) atoms. The van der Waals surface area contributed by atoms with Crippen LogP contribution in [0.1, 0.15) is 24.2 Å². The van der Waals surface area contributed by atoms with Gasteiger partial charge in [-0.25, -0.2) is 9.59 Å². The van der Waals surface area contributed by atoms with Crippen molar-refractivity contribution in [1.29, 1.82) is 0 Å². The molecule has 0 heterocycles. The maximum absolute atomic E-state index is 12.4. The van der Waals surface area contributed by atoms with Gasteiger partial charge in [0.1, 0.15) is 19.0 Å². The molecule has 0 aliphatic heterocycles. The van der Waals surface area contributed by atoms with Crippen LogP contribution in [0.4, 0.5) is 4.79 Å². The Morgan fingerprint density at radius 2 is 1.65 bits per heavy atom. The van der Waals surface area contributed by atoms with E-state index in [1.165, 1.54) is 26.1 Å². The number of carbonyl (C=O) groups excluding carboxylic acids is 3. The number of nitrogens with one attached hydrogen (secondary N) is 2. The maximum Gasteiger partial charge on any atom is 0.339 e. The number of benzene rings is 2. The van der Waals surface area contributed by atoms with E-state index in [0.717, 1.165) is 5.75 Å². The van der Waals surface area contributed by atoms with Gasteiger partial charge in [0.2, 0.25) is 0 Å². The summed E-state index contributed by atoms with van der Waals surface area (Å²) in [5.74, 6) is 0.0685.